The van der Waals surface area contributed by atoms with Gasteiger partial charge in [-0.15, -0.1) is 7.05 Å². The molecule has 0 fully saturated rings. The summed E-state index contributed by atoms with van der Waals surface area (Å²) in [7, 11) is 3.57. The SMILES string of the molecule is [CH2-][NH2+]Nc1ccc(C)cc1. The molecule has 1 aromatic carbocycles. The molecular weight excluding hydrogens is 124 g/mol. The number of anilines is 1. The zero-order valence-corrected chi connectivity index (χ0v) is 6.09. The highest BCUT2D eigenvalue weighted by Gasteiger charge is 1.86. The monoisotopic (exact) mass is 136 g/mol. The average Bonchev–Trinajstić information content (AvgIpc) is 1.95. The molecule has 0 spiro atoms. The zero-order chi connectivity index (χ0) is 7.40. The molecule has 0 aliphatic heterocycles. The Hall–Kier alpha value is -1.02. The Kier molecular flexibility index (Phi) is 2.29. The van der Waals surface area contributed by atoms with E-state index in [-0.39, 0.29) is 0 Å². The van der Waals surface area contributed by atoms with Crippen LogP contribution in [-0.2, 0) is 0 Å². The fraction of sp³-hybridized carbons (Fsp3) is 0.125. The van der Waals surface area contributed by atoms with E-state index in [2.05, 4.69) is 31.5 Å². The smallest absolute Gasteiger partial charge is 0.0822 e. The van der Waals surface area contributed by atoms with E-state index in [1.807, 2.05) is 12.1 Å². The third-order valence-corrected chi connectivity index (χ3v) is 1.32. The van der Waals surface area contributed by atoms with Gasteiger partial charge in [0, 0.05) is 0 Å². The van der Waals surface area contributed by atoms with Gasteiger partial charge in [-0.25, -0.2) is 0 Å². The van der Waals surface area contributed by atoms with Gasteiger partial charge in [0.2, 0.25) is 0 Å². The Balaban J connectivity index is 2.69. The van der Waals surface area contributed by atoms with Crippen molar-refractivity contribution < 1.29 is 5.43 Å². The van der Waals surface area contributed by atoms with E-state index in [9.17, 15) is 0 Å². The lowest BCUT2D eigenvalue weighted by Gasteiger charge is -2.03. The average molecular weight is 136 g/mol. The summed E-state index contributed by atoms with van der Waals surface area (Å²) in [6.07, 6.45) is 0. The molecule has 0 unspecified atom stereocenters. The summed E-state index contributed by atoms with van der Waals surface area (Å²) in [6.45, 7) is 2.07. The number of quaternary nitrogens is 1. The molecule has 3 N–H and O–H groups in total. The van der Waals surface area contributed by atoms with Crippen molar-refractivity contribution in [1.82, 2.24) is 0 Å². The number of nitrogen functional groups attached to an aromatic ring is 1. The highest BCUT2D eigenvalue weighted by atomic mass is 15.3. The molecule has 10 heavy (non-hydrogen) atoms. The van der Waals surface area contributed by atoms with E-state index in [1.54, 1.807) is 5.43 Å². The van der Waals surface area contributed by atoms with E-state index >= 15 is 0 Å². The van der Waals surface area contributed by atoms with Crippen LogP contribution in [0.3, 0.4) is 0 Å². The number of nitrogens with two attached hydrogens (primary N) is 1. The van der Waals surface area contributed by atoms with Crippen molar-refractivity contribution in [2.24, 2.45) is 0 Å². The van der Waals surface area contributed by atoms with E-state index in [4.69, 9.17) is 0 Å². The summed E-state index contributed by atoms with van der Waals surface area (Å²) in [5.41, 5.74) is 7.03. The molecule has 0 amide bonds. The Morgan fingerprint density at radius 2 is 1.90 bits per heavy atom. The van der Waals surface area contributed by atoms with Crippen molar-refractivity contribution in [2.75, 3.05) is 5.43 Å². The maximum absolute atomic E-state index is 3.57. The third-order valence-electron chi connectivity index (χ3n) is 1.32. The van der Waals surface area contributed by atoms with Crippen LogP contribution in [0.2, 0.25) is 0 Å². The van der Waals surface area contributed by atoms with Gasteiger partial charge in [-0.3, -0.25) is 5.43 Å². The van der Waals surface area contributed by atoms with Gasteiger partial charge < -0.3 is 5.43 Å². The number of hydrogen-bond acceptors (Lipinski definition) is 1. The largest absolute Gasteiger partial charge is 0.375 e. The lowest BCUT2D eigenvalue weighted by molar-refractivity contribution is -0.563. The standard InChI is InChI=1S/C8H12N2/c1-7-3-5-8(6-4-7)10-9-2/h3-6,10H,2,9H2,1H3. The summed E-state index contributed by atoms with van der Waals surface area (Å²) < 4.78 is 0. The van der Waals surface area contributed by atoms with E-state index < -0.39 is 0 Å². The molecule has 1 rings (SSSR count). The number of hydrogen-bond donors (Lipinski definition) is 2. The van der Waals surface area contributed by atoms with Crippen molar-refractivity contribution in [3.63, 3.8) is 0 Å². The Morgan fingerprint density at radius 3 is 2.40 bits per heavy atom. The predicted octanol–water partition coefficient (Wildman–Crippen LogP) is 0.677. The molecule has 0 heterocycles. The second kappa shape index (κ2) is 3.22. The van der Waals surface area contributed by atoms with Crippen LogP contribution in [0.4, 0.5) is 5.69 Å². The summed E-state index contributed by atoms with van der Waals surface area (Å²) in [4.78, 5) is 0. The number of aryl methyl sites for hydroxylation is 1. The molecule has 0 aromatic heterocycles. The van der Waals surface area contributed by atoms with Crippen LogP contribution in [0, 0.1) is 14.0 Å². The maximum atomic E-state index is 3.57. The molecule has 0 aliphatic rings. The van der Waals surface area contributed by atoms with Gasteiger partial charge in [0.1, 0.15) is 0 Å². The van der Waals surface area contributed by atoms with Crippen molar-refractivity contribution in [1.29, 1.82) is 0 Å². The van der Waals surface area contributed by atoms with Crippen LogP contribution >= 0.6 is 0 Å². The van der Waals surface area contributed by atoms with Crippen molar-refractivity contribution >= 4 is 5.69 Å². The van der Waals surface area contributed by atoms with Crippen molar-refractivity contribution in [3.8, 4) is 0 Å². The molecule has 54 valence electrons. The molecule has 0 saturated heterocycles. The predicted molar refractivity (Wildman–Crippen MR) is 42.1 cm³/mol. The molecule has 0 radical (unpaired) electrons. The van der Waals surface area contributed by atoms with Crippen LogP contribution in [0.1, 0.15) is 5.56 Å². The molecule has 2 heteroatoms. The first-order valence-corrected chi connectivity index (χ1v) is 3.27. The van der Waals surface area contributed by atoms with Gasteiger partial charge in [-0.05, 0) is 19.1 Å². The summed E-state index contributed by atoms with van der Waals surface area (Å²) in [5, 5.41) is 0. The van der Waals surface area contributed by atoms with Crippen LogP contribution in [0.15, 0.2) is 24.3 Å². The number of rotatable bonds is 2. The molecule has 0 bridgehead atoms. The molecular formula is C8H12N2. The summed E-state index contributed by atoms with van der Waals surface area (Å²) in [6, 6.07) is 8.17. The van der Waals surface area contributed by atoms with Gasteiger partial charge in [-0.1, -0.05) is 17.7 Å². The Morgan fingerprint density at radius 1 is 1.30 bits per heavy atom. The van der Waals surface area contributed by atoms with Crippen LogP contribution in [-0.4, -0.2) is 0 Å². The topological polar surface area (TPSA) is 28.6 Å². The van der Waals surface area contributed by atoms with Gasteiger partial charge in [0.05, 0.1) is 5.69 Å². The van der Waals surface area contributed by atoms with Gasteiger partial charge >= 0.3 is 0 Å². The minimum atomic E-state index is 1.08. The van der Waals surface area contributed by atoms with E-state index in [0.29, 0.717) is 0 Å². The van der Waals surface area contributed by atoms with Crippen LogP contribution < -0.4 is 10.9 Å². The second-order valence-electron chi connectivity index (χ2n) is 2.21. The van der Waals surface area contributed by atoms with Crippen LogP contribution in [0.5, 0.6) is 0 Å². The maximum Gasteiger partial charge on any atom is 0.0822 e. The van der Waals surface area contributed by atoms with E-state index in [0.717, 1.165) is 5.69 Å². The highest BCUT2D eigenvalue weighted by molar-refractivity contribution is 5.41. The highest BCUT2D eigenvalue weighted by Crippen LogP contribution is 2.05. The normalized spacial score (nSPS) is 9.40. The zero-order valence-electron chi connectivity index (χ0n) is 6.09. The minimum Gasteiger partial charge on any atom is -0.375 e. The Bertz CT molecular complexity index is 191. The van der Waals surface area contributed by atoms with Crippen LogP contribution in [0.25, 0.3) is 0 Å². The minimum absolute atomic E-state index is 1.08. The fourth-order valence-corrected chi connectivity index (χ4v) is 0.768. The molecule has 2 nitrogen and oxygen atoms in total. The summed E-state index contributed by atoms with van der Waals surface area (Å²) >= 11 is 0. The van der Waals surface area contributed by atoms with Crippen molar-refractivity contribution in [3.05, 3.63) is 36.9 Å². The molecule has 0 aliphatic carbocycles. The second-order valence-corrected chi connectivity index (χ2v) is 2.21. The fourth-order valence-electron chi connectivity index (χ4n) is 0.768. The molecule has 0 saturated carbocycles. The first kappa shape index (κ1) is 7.09. The third kappa shape index (κ3) is 1.74. The Labute approximate surface area is 61.2 Å². The van der Waals surface area contributed by atoms with Gasteiger partial charge in [0.25, 0.3) is 0 Å². The number of nitrogens with one attached hydrogen (secondary N) is 1. The van der Waals surface area contributed by atoms with Gasteiger partial charge in [-0.2, -0.15) is 0 Å². The lowest BCUT2D eigenvalue weighted by Crippen LogP contribution is -2.81. The number of benzene rings is 1. The van der Waals surface area contributed by atoms with Gasteiger partial charge in [0.15, 0.2) is 0 Å². The first-order chi connectivity index (χ1) is 4.83. The molecule has 0 atom stereocenters. The quantitative estimate of drug-likeness (QED) is 0.349. The molecule has 1 aromatic rings. The van der Waals surface area contributed by atoms with E-state index in [1.165, 1.54) is 5.56 Å². The first-order valence-electron chi connectivity index (χ1n) is 3.27. The van der Waals surface area contributed by atoms with Crippen molar-refractivity contribution in [2.45, 2.75) is 6.92 Å². The summed E-state index contributed by atoms with van der Waals surface area (Å²) in [5.74, 6) is 0. The lowest BCUT2D eigenvalue weighted by atomic mass is 10.2.